The van der Waals surface area contributed by atoms with Gasteiger partial charge in [0.1, 0.15) is 5.82 Å². The van der Waals surface area contributed by atoms with E-state index in [9.17, 15) is 13.6 Å². The lowest BCUT2D eigenvalue weighted by Crippen LogP contribution is -2.35. The van der Waals surface area contributed by atoms with Crippen LogP contribution in [0, 0.1) is 6.92 Å². The molecule has 1 aliphatic rings. The van der Waals surface area contributed by atoms with Gasteiger partial charge in [-0.2, -0.15) is 0 Å². The van der Waals surface area contributed by atoms with Gasteiger partial charge >= 0.3 is 6.29 Å². The number of aryl methyl sites for hydroxylation is 1. The summed E-state index contributed by atoms with van der Waals surface area (Å²) in [7, 11) is 0. The van der Waals surface area contributed by atoms with Crippen LogP contribution in [0.5, 0.6) is 11.5 Å². The molecule has 0 fully saturated rings. The zero-order valence-electron chi connectivity index (χ0n) is 18.2. The molecule has 4 aromatic rings. The minimum Gasteiger partial charge on any atom is -0.395 e. The van der Waals surface area contributed by atoms with Gasteiger partial charge in [0.15, 0.2) is 11.5 Å². The topological polar surface area (TPSA) is 76.2 Å². The van der Waals surface area contributed by atoms with E-state index >= 15 is 0 Å². The van der Waals surface area contributed by atoms with Gasteiger partial charge < -0.3 is 19.8 Å². The third-order valence-corrected chi connectivity index (χ3v) is 5.86. The Morgan fingerprint density at radius 3 is 2.64 bits per heavy atom. The van der Waals surface area contributed by atoms with Crippen LogP contribution in [0.2, 0.25) is 0 Å². The predicted octanol–water partition coefficient (Wildman–Crippen LogP) is 5.78. The van der Waals surface area contributed by atoms with Gasteiger partial charge in [-0.1, -0.05) is 24.3 Å². The van der Waals surface area contributed by atoms with Crippen LogP contribution in [-0.2, 0) is 10.2 Å². The number of ether oxygens (including phenoxy) is 2. The fourth-order valence-corrected chi connectivity index (χ4v) is 3.83. The SMILES string of the molecule is Cc1ccc(NC(=O)C(C)(C)c2ccc3c(c2)OC(F)(F)O3)nc1-c1ccc2cc[nH]c2c1. The maximum absolute atomic E-state index is 13.4. The number of benzene rings is 2. The summed E-state index contributed by atoms with van der Waals surface area (Å²) >= 11 is 0. The van der Waals surface area contributed by atoms with Crippen LogP contribution < -0.4 is 14.8 Å². The number of H-pyrrole nitrogens is 1. The Bertz CT molecular complexity index is 1390. The molecule has 2 N–H and O–H groups in total. The van der Waals surface area contributed by atoms with Gasteiger partial charge in [-0.3, -0.25) is 4.79 Å². The highest BCUT2D eigenvalue weighted by Gasteiger charge is 2.44. The molecule has 1 amide bonds. The molecule has 0 saturated carbocycles. The molecule has 6 nitrogen and oxygen atoms in total. The summed E-state index contributed by atoms with van der Waals surface area (Å²) in [6.45, 7) is 5.36. The summed E-state index contributed by atoms with van der Waals surface area (Å²) in [5.74, 6) is -0.111. The van der Waals surface area contributed by atoms with Gasteiger partial charge in [0.05, 0.1) is 11.1 Å². The Labute approximate surface area is 188 Å². The van der Waals surface area contributed by atoms with Gasteiger partial charge in [-0.05, 0) is 67.6 Å². The summed E-state index contributed by atoms with van der Waals surface area (Å²) in [6.07, 6.45) is -1.83. The average molecular weight is 449 g/mol. The van der Waals surface area contributed by atoms with Crippen LogP contribution in [0.1, 0.15) is 25.0 Å². The van der Waals surface area contributed by atoms with Gasteiger partial charge in [-0.15, -0.1) is 8.78 Å². The van der Waals surface area contributed by atoms with Crippen molar-refractivity contribution in [2.45, 2.75) is 32.5 Å². The van der Waals surface area contributed by atoms with Crippen molar-refractivity contribution in [3.05, 3.63) is 71.9 Å². The largest absolute Gasteiger partial charge is 0.586 e. The lowest BCUT2D eigenvalue weighted by atomic mass is 9.83. The first-order chi connectivity index (χ1) is 15.6. The second-order valence-corrected chi connectivity index (χ2v) is 8.55. The summed E-state index contributed by atoms with van der Waals surface area (Å²) in [5, 5.41) is 3.96. The summed E-state index contributed by atoms with van der Waals surface area (Å²) in [4.78, 5) is 21.0. The zero-order valence-corrected chi connectivity index (χ0v) is 18.2. The molecular formula is C25H21F2N3O3. The Morgan fingerprint density at radius 1 is 1.03 bits per heavy atom. The highest BCUT2D eigenvalue weighted by Crippen LogP contribution is 2.43. The number of hydrogen-bond donors (Lipinski definition) is 2. The number of nitrogens with zero attached hydrogens (tertiary/aromatic N) is 1. The van der Waals surface area contributed by atoms with Crippen molar-refractivity contribution in [2.24, 2.45) is 0 Å². The Balaban J connectivity index is 1.41. The first kappa shape index (κ1) is 20.9. The number of anilines is 1. The Kier molecular flexibility index (Phi) is 4.63. The van der Waals surface area contributed by atoms with Crippen molar-refractivity contribution >= 4 is 22.6 Å². The molecule has 8 heteroatoms. The highest BCUT2D eigenvalue weighted by atomic mass is 19.3. The second-order valence-electron chi connectivity index (χ2n) is 8.55. The Hall–Kier alpha value is -3.94. The maximum Gasteiger partial charge on any atom is 0.586 e. The summed E-state index contributed by atoms with van der Waals surface area (Å²) in [5.41, 5.74) is 3.10. The number of rotatable bonds is 4. The minimum atomic E-state index is -3.71. The van der Waals surface area contributed by atoms with E-state index in [1.165, 1.54) is 12.1 Å². The molecule has 33 heavy (non-hydrogen) atoms. The Morgan fingerprint density at radius 2 is 1.82 bits per heavy atom. The van der Waals surface area contributed by atoms with Gasteiger partial charge in [0, 0.05) is 17.3 Å². The van der Waals surface area contributed by atoms with Crippen LogP contribution in [0.3, 0.4) is 0 Å². The van der Waals surface area contributed by atoms with E-state index in [2.05, 4.69) is 24.8 Å². The quantitative estimate of drug-likeness (QED) is 0.414. The van der Waals surface area contributed by atoms with Gasteiger partial charge in [0.2, 0.25) is 5.91 Å². The van der Waals surface area contributed by atoms with Crippen molar-refractivity contribution in [3.8, 4) is 22.8 Å². The summed E-state index contributed by atoms with van der Waals surface area (Å²) < 4.78 is 35.7. The first-order valence-electron chi connectivity index (χ1n) is 10.4. The average Bonchev–Trinajstić information content (AvgIpc) is 3.35. The number of hydrogen-bond acceptors (Lipinski definition) is 4. The van der Waals surface area contributed by atoms with E-state index in [1.54, 1.807) is 26.0 Å². The van der Waals surface area contributed by atoms with E-state index in [-0.39, 0.29) is 17.4 Å². The van der Waals surface area contributed by atoms with Crippen molar-refractivity contribution in [1.82, 2.24) is 9.97 Å². The first-order valence-corrected chi connectivity index (χ1v) is 10.4. The third-order valence-electron chi connectivity index (χ3n) is 5.86. The number of carbonyl (C=O) groups excluding carboxylic acids is 1. The predicted molar refractivity (Wildman–Crippen MR) is 121 cm³/mol. The second kappa shape index (κ2) is 7.30. The minimum absolute atomic E-state index is 0.0659. The maximum atomic E-state index is 13.4. The number of aromatic amines is 1. The molecule has 0 unspecified atom stereocenters. The smallest absolute Gasteiger partial charge is 0.395 e. The third kappa shape index (κ3) is 3.77. The molecule has 0 bridgehead atoms. The number of nitrogens with one attached hydrogen (secondary N) is 2. The van der Waals surface area contributed by atoms with E-state index in [4.69, 9.17) is 0 Å². The lowest BCUT2D eigenvalue weighted by molar-refractivity contribution is -0.286. The molecular weight excluding hydrogens is 428 g/mol. The molecule has 2 aromatic carbocycles. The number of carbonyl (C=O) groups is 1. The van der Waals surface area contributed by atoms with Crippen molar-refractivity contribution in [2.75, 3.05) is 5.32 Å². The molecule has 1 aliphatic heterocycles. The molecule has 168 valence electrons. The van der Waals surface area contributed by atoms with Crippen LogP contribution in [0.15, 0.2) is 60.8 Å². The van der Waals surface area contributed by atoms with Crippen molar-refractivity contribution < 1.29 is 23.0 Å². The van der Waals surface area contributed by atoms with E-state index in [0.717, 1.165) is 27.7 Å². The molecule has 0 spiro atoms. The van der Waals surface area contributed by atoms with Crippen LogP contribution in [0.25, 0.3) is 22.2 Å². The molecule has 0 aliphatic carbocycles. The molecule has 0 radical (unpaired) electrons. The fraction of sp³-hybridized carbons (Fsp3) is 0.200. The molecule has 5 rings (SSSR count). The zero-order chi connectivity index (χ0) is 23.4. The molecule has 0 saturated heterocycles. The van der Waals surface area contributed by atoms with E-state index in [0.29, 0.717) is 11.4 Å². The van der Waals surface area contributed by atoms with E-state index < -0.39 is 11.7 Å². The molecule has 0 atom stereocenters. The molecule has 3 heterocycles. The van der Waals surface area contributed by atoms with Crippen LogP contribution in [-0.4, -0.2) is 22.2 Å². The normalized spacial score (nSPS) is 14.5. The fourth-order valence-electron chi connectivity index (χ4n) is 3.83. The van der Waals surface area contributed by atoms with E-state index in [1.807, 2.05) is 43.5 Å². The van der Waals surface area contributed by atoms with Crippen LogP contribution >= 0.6 is 0 Å². The number of halogens is 2. The van der Waals surface area contributed by atoms with Crippen LogP contribution in [0.4, 0.5) is 14.6 Å². The lowest BCUT2D eigenvalue weighted by Gasteiger charge is -2.24. The van der Waals surface area contributed by atoms with Crippen molar-refractivity contribution in [1.29, 1.82) is 0 Å². The monoisotopic (exact) mass is 449 g/mol. The number of alkyl halides is 2. The number of amides is 1. The summed E-state index contributed by atoms with van der Waals surface area (Å²) in [6, 6.07) is 16.0. The number of pyridine rings is 1. The van der Waals surface area contributed by atoms with Gasteiger partial charge in [-0.25, -0.2) is 4.98 Å². The molecule has 2 aromatic heterocycles. The number of aromatic nitrogens is 2. The van der Waals surface area contributed by atoms with Gasteiger partial charge in [0.25, 0.3) is 0 Å². The number of fused-ring (bicyclic) bond motifs is 2. The standard InChI is InChI=1S/C25H21F2N3O3/c1-14-4-9-21(29-22(14)16-6-5-15-10-11-28-18(15)12-16)30-23(31)24(2,3)17-7-8-19-20(13-17)33-25(26,27)32-19/h4-13,28H,1-3H3,(H,29,30,31). The highest BCUT2D eigenvalue weighted by molar-refractivity contribution is 5.98. The van der Waals surface area contributed by atoms with Crippen molar-refractivity contribution in [3.63, 3.8) is 0 Å².